The first kappa shape index (κ1) is 14.2. The lowest BCUT2D eigenvalue weighted by Crippen LogP contribution is -2.34. The van der Waals surface area contributed by atoms with Gasteiger partial charge in [0.25, 0.3) is 0 Å². The number of aromatic nitrogens is 1. The number of aryl methyl sites for hydroxylation is 2. The van der Waals surface area contributed by atoms with Gasteiger partial charge in [0, 0.05) is 18.1 Å². The summed E-state index contributed by atoms with van der Waals surface area (Å²) in [6, 6.07) is 23.6. The fourth-order valence-electron chi connectivity index (χ4n) is 2.45. The van der Waals surface area contributed by atoms with Crippen LogP contribution in [-0.2, 0) is 13.0 Å². The molecule has 3 aromatic rings. The van der Waals surface area contributed by atoms with Gasteiger partial charge in [0.05, 0.1) is 5.56 Å². The van der Waals surface area contributed by atoms with Crippen molar-refractivity contribution in [2.75, 3.05) is 0 Å². The van der Waals surface area contributed by atoms with Gasteiger partial charge in [-0.05, 0) is 11.6 Å². The number of rotatable bonds is 5. The Morgan fingerprint density at radius 2 is 1.41 bits per heavy atom. The third kappa shape index (κ3) is 3.47. The van der Waals surface area contributed by atoms with Crippen LogP contribution in [0.4, 0.5) is 0 Å². The van der Waals surface area contributed by atoms with Gasteiger partial charge in [0.15, 0.2) is 24.7 Å². The monoisotopic (exact) mass is 288 g/mol. The number of hydrogen-bond acceptors (Lipinski definition) is 1. The second kappa shape index (κ2) is 6.81. The van der Waals surface area contributed by atoms with Crippen LogP contribution in [0.3, 0.4) is 0 Å². The van der Waals surface area contributed by atoms with E-state index >= 15 is 0 Å². The van der Waals surface area contributed by atoms with Gasteiger partial charge in [-0.2, -0.15) is 0 Å². The highest BCUT2D eigenvalue weighted by atomic mass is 16.1. The minimum Gasteiger partial charge on any atom is -0.288 e. The predicted octanol–water partition coefficient (Wildman–Crippen LogP) is 3.45. The number of carbonyl (C=O) groups excluding carboxylic acids is 1. The van der Waals surface area contributed by atoms with Gasteiger partial charge < -0.3 is 0 Å². The normalized spacial score (nSPS) is 10.4. The fourth-order valence-corrected chi connectivity index (χ4v) is 2.45. The Labute approximate surface area is 130 Å². The van der Waals surface area contributed by atoms with Gasteiger partial charge >= 0.3 is 0 Å². The maximum Gasteiger partial charge on any atom is 0.199 e. The summed E-state index contributed by atoms with van der Waals surface area (Å²) in [5.41, 5.74) is 2.75. The molecule has 0 aliphatic carbocycles. The molecule has 1 heterocycles. The Bertz CT molecular complexity index is 751. The van der Waals surface area contributed by atoms with E-state index in [0.717, 1.165) is 24.1 Å². The molecule has 0 atom stereocenters. The highest BCUT2D eigenvalue weighted by molar-refractivity contribution is 6.08. The lowest BCUT2D eigenvalue weighted by atomic mass is 10.1. The SMILES string of the molecule is O=C(c1ccccc1)c1ccc[n+](CCc2ccccc2)c1. The smallest absolute Gasteiger partial charge is 0.199 e. The van der Waals surface area contributed by atoms with Crippen LogP contribution in [0.5, 0.6) is 0 Å². The van der Waals surface area contributed by atoms with Crippen LogP contribution in [-0.4, -0.2) is 5.78 Å². The number of pyridine rings is 1. The van der Waals surface area contributed by atoms with Crippen LogP contribution in [0.2, 0.25) is 0 Å². The number of benzene rings is 2. The Hall–Kier alpha value is -2.74. The van der Waals surface area contributed by atoms with Crippen molar-refractivity contribution in [3.8, 4) is 0 Å². The lowest BCUT2D eigenvalue weighted by molar-refractivity contribution is -0.696. The van der Waals surface area contributed by atoms with E-state index in [4.69, 9.17) is 0 Å². The summed E-state index contributed by atoms with van der Waals surface area (Å²) in [6.07, 6.45) is 4.89. The van der Waals surface area contributed by atoms with Crippen LogP contribution >= 0.6 is 0 Å². The van der Waals surface area contributed by atoms with Gasteiger partial charge in [0.2, 0.25) is 0 Å². The van der Waals surface area contributed by atoms with E-state index in [0.29, 0.717) is 0 Å². The van der Waals surface area contributed by atoms with E-state index in [-0.39, 0.29) is 5.78 Å². The molecule has 3 rings (SSSR count). The number of hydrogen-bond donors (Lipinski definition) is 0. The van der Waals surface area contributed by atoms with Crippen molar-refractivity contribution < 1.29 is 9.36 Å². The van der Waals surface area contributed by atoms with Gasteiger partial charge in [-0.25, -0.2) is 4.57 Å². The Kier molecular flexibility index (Phi) is 4.40. The maximum atomic E-state index is 12.5. The Balaban J connectivity index is 1.74. The Morgan fingerprint density at radius 1 is 0.773 bits per heavy atom. The molecule has 0 aliphatic heterocycles. The highest BCUT2D eigenvalue weighted by Gasteiger charge is 2.12. The third-order valence-electron chi connectivity index (χ3n) is 3.66. The molecule has 0 aliphatic rings. The molecule has 108 valence electrons. The van der Waals surface area contributed by atoms with E-state index in [1.165, 1.54) is 5.56 Å². The molecule has 0 bridgehead atoms. The van der Waals surface area contributed by atoms with Gasteiger partial charge in [-0.3, -0.25) is 4.79 Å². The van der Waals surface area contributed by atoms with E-state index in [1.54, 1.807) is 0 Å². The standard InChI is InChI=1S/C20H18NO/c22-20(18-10-5-2-6-11-18)19-12-7-14-21(16-19)15-13-17-8-3-1-4-9-17/h1-12,14,16H,13,15H2/q+1. The average Bonchev–Trinajstić information content (AvgIpc) is 2.61. The highest BCUT2D eigenvalue weighted by Crippen LogP contribution is 2.07. The van der Waals surface area contributed by atoms with Crippen LogP contribution in [0.15, 0.2) is 85.2 Å². The fraction of sp³-hybridized carbons (Fsp3) is 0.100. The summed E-state index contributed by atoms with van der Waals surface area (Å²) in [6.45, 7) is 0.861. The van der Waals surface area contributed by atoms with Crippen molar-refractivity contribution in [3.63, 3.8) is 0 Å². The summed E-state index contributed by atoms with van der Waals surface area (Å²) in [5, 5.41) is 0. The van der Waals surface area contributed by atoms with Crippen molar-refractivity contribution in [2.24, 2.45) is 0 Å². The Morgan fingerprint density at radius 3 is 2.14 bits per heavy atom. The minimum atomic E-state index is 0.0645. The lowest BCUT2D eigenvalue weighted by Gasteiger charge is -2.02. The molecule has 0 fully saturated rings. The molecule has 0 saturated heterocycles. The molecule has 2 aromatic carbocycles. The van der Waals surface area contributed by atoms with E-state index in [2.05, 4.69) is 28.8 Å². The maximum absolute atomic E-state index is 12.5. The third-order valence-corrected chi connectivity index (χ3v) is 3.66. The van der Waals surface area contributed by atoms with Crippen LogP contribution < -0.4 is 4.57 Å². The van der Waals surface area contributed by atoms with E-state index in [1.807, 2.05) is 60.9 Å². The number of nitrogens with zero attached hydrogens (tertiary/aromatic N) is 1. The summed E-state index contributed by atoms with van der Waals surface area (Å²) in [5.74, 6) is 0.0645. The van der Waals surface area contributed by atoms with Crippen molar-refractivity contribution in [3.05, 3.63) is 102 Å². The van der Waals surface area contributed by atoms with Gasteiger partial charge in [-0.15, -0.1) is 0 Å². The molecule has 2 nitrogen and oxygen atoms in total. The molecule has 1 aromatic heterocycles. The van der Waals surface area contributed by atoms with Crippen LogP contribution in [0.25, 0.3) is 0 Å². The first-order valence-corrected chi connectivity index (χ1v) is 7.46. The second-order valence-electron chi connectivity index (χ2n) is 5.26. The molecule has 0 unspecified atom stereocenters. The summed E-state index contributed by atoms with van der Waals surface area (Å²) in [7, 11) is 0. The van der Waals surface area contributed by atoms with Crippen molar-refractivity contribution in [1.29, 1.82) is 0 Å². The molecule has 22 heavy (non-hydrogen) atoms. The predicted molar refractivity (Wildman–Crippen MR) is 86.7 cm³/mol. The van der Waals surface area contributed by atoms with Crippen molar-refractivity contribution in [1.82, 2.24) is 0 Å². The van der Waals surface area contributed by atoms with Gasteiger partial charge in [-0.1, -0.05) is 60.7 Å². The van der Waals surface area contributed by atoms with Crippen LogP contribution in [0, 0.1) is 0 Å². The zero-order valence-corrected chi connectivity index (χ0v) is 12.4. The zero-order chi connectivity index (χ0) is 15.2. The molecule has 0 amide bonds. The zero-order valence-electron chi connectivity index (χ0n) is 12.4. The van der Waals surface area contributed by atoms with Gasteiger partial charge in [0.1, 0.15) is 0 Å². The summed E-state index contributed by atoms with van der Waals surface area (Å²) in [4.78, 5) is 12.5. The number of carbonyl (C=O) groups is 1. The quantitative estimate of drug-likeness (QED) is 0.520. The molecule has 0 spiro atoms. The van der Waals surface area contributed by atoms with Crippen LogP contribution in [0.1, 0.15) is 21.5 Å². The minimum absolute atomic E-state index is 0.0645. The summed E-state index contributed by atoms with van der Waals surface area (Å²) >= 11 is 0. The van der Waals surface area contributed by atoms with Crippen molar-refractivity contribution >= 4 is 5.78 Å². The number of ketones is 1. The molecular weight excluding hydrogens is 270 g/mol. The molecular formula is C20H18NO+. The summed E-state index contributed by atoms with van der Waals surface area (Å²) < 4.78 is 2.07. The molecule has 2 heteroatoms. The molecule has 0 saturated carbocycles. The first-order valence-electron chi connectivity index (χ1n) is 7.46. The first-order chi connectivity index (χ1) is 10.8. The van der Waals surface area contributed by atoms with E-state index in [9.17, 15) is 4.79 Å². The average molecular weight is 288 g/mol. The van der Waals surface area contributed by atoms with E-state index < -0.39 is 0 Å². The molecule has 0 radical (unpaired) electrons. The molecule has 0 N–H and O–H groups in total. The van der Waals surface area contributed by atoms with Crippen molar-refractivity contribution in [2.45, 2.75) is 13.0 Å². The largest absolute Gasteiger partial charge is 0.288 e. The second-order valence-corrected chi connectivity index (χ2v) is 5.26. The topological polar surface area (TPSA) is 20.9 Å².